The molecule has 0 aliphatic heterocycles. The average Bonchev–Trinajstić information content (AvgIpc) is 2.88. The Morgan fingerprint density at radius 2 is 2.30 bits per heavy atom. The lowest BCUT2D eigenvalue weighted by Gasteiger charge is -2.07. The first-order chi connectivity index (χ1) is 9.74. The number of thioether (sulfide) groups is 1. The number of benzene rings is 1. The fraction of sp³-hybridized carbons (Fsp3) is 0.286. The molecule has 0 bridgehead atoms. The second-order valence-electron chi connectivity index (χ2n) is 3.94. The Hall–Kier alpha value is -1.97. The van der Waals surface area contributed by atoms with Crippen LogP contribution in [0.5, 0.6) is 5.75 Å². The molecule has 1 heterocycles. The maximum atomic E-state index is 8.81. The lowest BCUT2D eigenvalue weighted by Crippen LogP contribution is -1.95. The summed E-state index contributed by atoms with van der Waals surface area (Å²) in [5.41, 5.74) is 1.92. The number of nitrogens with zero attached hydrogens (tertiary/aromatic N) is 3. The van der Waals surface area contributed by atoms with Crippen molar-refractivity contribution in [1.82, 2.24) is 14.8 Å². The van der Waals surface area contributed by atoms with E-state index in [1.165, 1.54) is 6.33 Å². The van der Waals surface area contributed by atoms with Gasteiger partial charge in [0, 0.05) is 18.4 Å². The number of aromatic nitrogens is 3. The first-order valence-electron chi connectivity index (χ1n) is 5.98. The molecule has 0 amide bonds. The first-order valence-corrected chi connectivity index (χ1v) is 6.96. The van der Waals surface area contributed by atoms with Crippen LogP contribution in [0.1, 0.15) is 11.1 Å². The molecule has 6 heteroatoms. The van der Waals surface area contributed by atoms with Crippen molar-refractivity contribution in [2.75, 3.05) is 13.7 Å². The van der Waals surface area contributed by atoms with E-state index in [0.29, 0.717) is 5.75 Å². The van der Waals surface area contributed by atoms with E-state index >= 15 is 0 Å². The van der Waals surface area contributed by atoms with Crippen LogP contribution in [0.3, 0.4) is 0 Å². The Labute approximate surface area is 122 Å². The Kier molecular flexibility index (Phi) is 5.04. The molecule has 2 rings (SSSR count). The molecule has 0 radical (unpaired) electrons. The minimum absolute atomic E-state index is 0.151. The predicted octanol–water partition coefficient (Wildman–Crippen LogP) is 1.46. The fourth-order valence-electron chi connectivity index (χ4n) is 1.63. The van der Waals surface area contributed by atoms with Crippen LogP contribution < -0.4 is 4.74 Å². The van der Waals surface area contributed by atoms with Gasteiger partial charge in [-0.1, -0.05) is 23.6 Å². The summed E-state index contributed by atoms with van der Waals surface area (Å²) in [5, 5.41) is 13.7. The van der Waals surface area contributed by atoms with Crippen molar-refractivity contribution in [3.05, 3.63) is 35.7 Å². The van der Waals surface area contributed by atoms with E-state index in [0.717, 1.165) is 22.0 Å². The highest BCUT2D eigenvalue weighted by Gasteiger charge is 2.07. The summed E-state index contributed by atoms with van der Waals surface area (Å²) in [6, 6.07) is 5.71. The monoisotopic (exact) mass is 289 g/mol. The van der Waals surface area contributed by atoms with Gasteiger partial charge in [-0.3, -0.25) is 0 Å². The van der Waals surface area contributed by atoms with Crippen molar-refractivity contribution in [2.45, 2.75) is 10.9 Å². The van der Waals surface area contributed by atoms with Crippen molar-refractivity contribution in [3.63, 3.8) is 0 Å². The SMILES string of the molecule is COc1ccc(C#CCO)c(CSc2ncnn2C)c1. The van der Waals surface area contributed by atoms with Crippen LogP contribution in [-0.4, -0.2) is 33.6 Å². The van der Waals surface area contributed by atoms with Crippen molar-refractivity contribution in [3.8, 4) is 17.6 Å². The second kappa shape index (κ2) is 6.98. The molecule has 5 nitrogen and oxygen atoms in total. The summed E-state index contributed by atoms with van der Waals surface area (Å²) in [4.78, 5) is 4.17. The zero-order valence-corrected chi connectivity index (χ0v) is 12.1. The number of aryl methyl sites for hydroxylation is 1. The Bertz CT molecular complexity index is 643. The predicted molar refractivity (Wildman–Crippen MR) is 77.5 cm³/mol. The van der Waals surface area contributed by atoms with Crippen LogP contribution >= 0.6 is 11.8 Å². The lowest BCUT2D eigenvalue weighted by molar-refractivity contribution is 0.350. The molecule has 0 atom stereocenters. The molecule has 0 saturated heterocycles. The van der Waals surface area contributed by atoms with Crippen LogP contribution in [0.4, 0.5) is 0 Å². The summed E-state index contributed by atoms with van der Waals surface area (Å²) in [7, 11) is 3.49. The Balaban J connectivity index is 2.21. The number of hydrogen-bond acceptors (Lipinski definition) is 5. The van der Waals surface area contributed by atoms with Gasteiger partial charge in [-0.2, -0.15) is 5.10 Å². The number of ether oxygens (including phenoxy) is 1. The van der Waals surface area contributed by atoms with Gasteiger partial charge in [-0.25, -0.2) is 9.67 Å². The third-order valence-electron chi connectivity index (χ3n) is 2.64. The van der Waals surface area contributed by atoms with Crippen LogP contribution in [-0.2, 0) is 12.8 Å². The van der Waals surface area contributed by atoms with E-state index in [1.54, 1.807) is 23.6 Å². The standard InChI is InChI=1S/C14H15N3O2S/c1-17-14(15-10-16-17)20-9-12-8-13(19-2)6-5-11(12)4-3-7-18/h5-6,8,10,18H,7,9H2,1-2H3. The Morgan fingerprint density at radius 1 is 1.45 bits per heavy atom. The molecular formula is C14H15N3O2S. The van der Waals surface area contributed by atoms with Crippen molar-refractivity contribution < 1.29 is 9.84 Å². The zero-order valence-electron chi connectivity index (χ0n) is 11.3. The molecule has 0 fully saturated rings. The van der Waals surface area contributed by atoms with Gasteiger partial charge >= 0.3 is 0 Å². The van der Waals surface area contributed by atoms with E-state index in [9.17, 15) is 0 Å². The van der Waals surface area contributed by atoms with Crippen molar-refractivity contribution in [1.29, 1.82) is 0 Å². The summed E-state index contributed by atoms with van der Waals surface area (Å²) in [6.45, 7) is -0.151. The first kappa shape index (κ1) is 14.4. The zero-order chi connectivity index (χ0) is 14.4. The highest BCUT2D eigenvalue weighted by molar-refractivity contribution is 7.98. The van der Waals surface area contributed by atoms with Gasteiger partial charge in [-0.15, -0.1) is 0 Å². The maximum absolute atomic E-state index is 8.81. The summed E-state index contributed by atoms with van der Waals surface area (Å²) >= 11 is 1.58. The molecule has 0 unspecified atom stereocenters. The van der Waals surface area contributed by atoms with E-state index in [2.05, 4.69) is 21.9 Å². The third kappa shape index (κ3) is 3.53. The number of aliphatic hydroxyl groups excluding tert-OH is 1. The normalized spacial score (nSPS) is 9.95. The maximum Gasteiger partial charge on any atom is 0.186 e. The number of rotatable bonds is 4. The second-order valence-corrected chi connectivity index (χ2v) is 4.88. The molecule has 104 valence electrons. The van der Waals surface area contributed by atoms with E-state index in [4.69, 9.17) is 9.84 Å². The van der Waals surface area contributed by atoms with Gasteiger partial charge in [0.05, 0.1) is 7.11 Å². The topological polar surface area (TPSA) is 60.2 Å². The third-order valence-corrected chi connectivity index (χ3v) is 3.72. The minimum Gasteiger partial charge on any atom is -0.497 e. The van der Waals surface area contributed by atoms with E-state index < -0.39 is 0 Å². The number of methoxy groups -OCH3 is 1. The Morgan fingerprint density at radius 3 is 2.95 bits per heavy atom. The highest BCUT2D eigenvalue weighted by Crippen LogP contribution is 2.25. The molecule has 0 saturated carbocycles. The highest BCUT2D eigenvalue weighted by atomic mass is 32.2. The molecule has 1 aromatic carbocycles. The lowest BCUT2D eigenvalue weighted by atomic mass is 10.1. The van der Waals surface area contributed by atoms with E-state index in [1.807, 2.05) is 25.2 Å². The van der Waals surface area contributed by atoms with Gasteiger partial charge in [0.25, 0.3) is 0 Å². The molecule has 0 aliphatic carbocycles. The van der Waals surface area contributed by atoms with Gasteiger partial charge < -0.3 is 9.84 Å². The molecular weight excluding hydrogens is 274 g/mol. The molecule has 2 aromatic rings. The quantitative estimate of drug-likeness (QED) is 0.682. The van der Waals surface area contributed by atoms with Gasteiger partial charge in [0.2, 0.25) is 0 Å². The average molecular weight is 289 g/mol. The van der Waals surface area contributed by atoms with Crippen LogP contribution in [0, 0.1) is 11.8 Å². The van der Waals surface area contributed by atoms with Gasteiger partial charge in [-0.05, 0) is 23.8 Å². The van der Waals surface area contributed by atoms with Gasteiger partial charge in [0.15, 0.2) is 5.16 Å². The molecule has 1 N–H and O–H groups in total. The molecule has 20 heavy (non-hydrogen) atoms. The minimum atomic E-state index is -0.151. The van der Waals surface area contributed by atoms with E-state index in [-0.39, 0.29) is 6.61 Å². The number of aliphatic hydroxyl groups is 1. The largest absolute Gasteiger partial charge is 0.497 e. The molecule has 1 aromatic heterocycles. The van der Waals surface area contributed by atoms with Crippen LogP contribution in [0.15, 0.2) is 29.7 Å². The molecule has 0 aliphatic rings. The molecule has 0 spiro atoms. The summed E-state index contributed by atoms with van der Waals surface area (Å²) in [6.07, 6.45) is 1.53. The fourth-order valence-corrected chi connectivity index (χ4v) is 2.51. The van der Waals surface area contributed by atoms with Crippen LogP contribution in [0.25, 0.3) is 0 Å². The van der Waals surface area contributed by atoms with Crippen molar-refractivity contribution in [2.24, 2.45) is 7.05 Å². The summed E-state index contributed by atoms with van der Waals surface area (Å²) < 4.78 is 6.96. The van der Waals surface area contributed by atoms with Crippen LogP contribution in [0.2, 0.25) is 0 Å². The van der Waals surface area contributed by atoms with Gasteiger partial charge in [0.1, 0.15) is 18.7 Å². The number of hydrogen-bond donors (Lipinski definition) is 1. The smallest absolute Gasteiger partial charge is 0.186 e. The summed E-state index contributed by atoms with van der Waals surface area (Å²) in [5.74, 6) is 7.11. The van der Waals surface area contributed by atoms with Crippen molar-refractivity contribution >= 4 is 11.8 Å².